The van der Waals surface area contributed by atoms with E-state index in [2.05, 4.69) is 5.32 Å². The Bertz CT molecular complexity index is 704. The van der Waals surface area contributed by atoms with Crippen molar-refractivity contribution < 1.29 is 14.3 Å². The van der Waals surface area contributed by atoms with Gasteiger partial charge in [-0.05, 0) is 44.0 Å². The van der Waals surface area contributed by atoms with E-state index in [1.165, 1.54) is 0 Å². The van der Waals surface area contributed by atoms with Crippen LogP contribution in [0.2, 0.25) is 0 Å². The highest BCUT2D eigenvalue weighted by Gasteiger charge is 2.17. The van der Waals surface area contributed by atoms with Crippen LogP contribution in [0.15, 0.2) is 54.6 Å². The molecule has 1 amide bonds. The fraction of sp³-hybridized carbons (Fsp3) is 0.300. The van der Waals surface area contributed by atoms with E-state index in [0.717, 1.165) is 16.9 Å². The summed E-state index contributed by atoms with van der Waals surface area (Å²) in [5.41, 5.74) is 1.44. The first kappa shape index (κ1) is 18.5. The van der Waals surface area contributed by atoms with Crippen molar-refractivity contribution in [2.45, 2.75) is 39.4 Å². The summed E-state index contributed by atoms with van der Waals surface area (Å²) in [5, 5.41) is 10.3. The number of rotatable bonds is 5. The zero-order chi connectivity index (χ0) is 18.3. The summed E-state index contributed by atoms with van der Waals surface area (Å²) in [5.74, 6) is 0.853. The second-order valence-corrected chi connectivity index (χ2v) is 6.70. The van der Waals surface area contributed by atoms with Gasteiger partial charge in [0.25, 0.3) is 0 Å². The van der Waals surface area contributed by atoms with Gasteiger partial charge < -0.3 is 9.47 Å². The van der Waals surface area contributed by atoms with Crippen molar-refractivity contribution in [1.29, 1.82) is 5.41 Å². The smallest absolute Gasteiger partial charge is 0.413 e. The Kier molecular flexibility index (Phi) is 6.17. The van der Waals surface area contributed by atoms with Crippen molar-refractivity contribution in [3.05, 3.63) is 65.7 Å². The molecule has 0 aliphatic rings. The summed E-state index contributed by atoms with van der Waals surface area (Å²) >= 11 is 0. The summed E-state index contributed by atoms with van der Waals surface area (Å²) in [4.78, 5) is 11.6. The van der Waals surface area contributed by atoms with E-state index in [1.807, 2.05) is 54.6 Å². The normalized spacial score (nSPS) is 10.8. The first-order valence-electron chi connectivity index (χ1n) is 8.15. The van der Waals surface area contributed by atoms with Crippen molar-refractivity contribution in [2.75, 3.05) is 0 Å². The second kappa shape index (κ2) is 8.33. The van der Waals surface area contributed by atoms with Gasteiger partial charge in [-0.1, -0.05) is 42.5 Å². The molecule has 2 aromatic carbocycles. The largest absolute Gasteiger partial charge is 0.489 e. The lowest BCUT2D eigenvalue weighted by Gasteiger charge is -2.19. The molecule has 2 N–H and O–H groups in total. The lowest BCUT2D eigenvalue weighted by atomic mass is 10.1. The number of carbonyl (C=O) groups excluding carboxylic acids is 1. The Morgan fingerprint density at radius 3 is 2.24 bits per heavy atom. The summed E-state index contributed by atoms with van der Waals surface area (Å²) in [6, 6.07) is 17.4. The summed E-state index contributed by atoms with van der Waals surface area (Å²) in [6.07, 6.45) is -0.293. The number of benzene rings is 2. The predicted octanol–water partition coefficient (Wildman–Crippen LogP) is 4.31. The van der Waals surface area contributed by atoms with Gasteiger partial charge in [0.1, 0.15) is 23.8 Å². The molecule has 0 bridgehead atoms. The fourth-order valence-electron chi connectivity index (χ4n) is 2.12. The molecule has 0 aliphatic heterocycles. The van der Waals surface area contributed by atoms with Gasteiger partial charge in [-0.3, -0.25) is 10.7 Å². The second-order valence-electron chi connectivity index (χ2n) is 6.70. The van der Waals surface area contributed by atoms with E-state index in [0.29, 0.717) is 13.0 Å². The summed E-state index contributed by atoms with van der Waals surface area (Å²) < 4.78 is 10.9. The molecule has 0 aliphatic carbocycles. The Balaban J connectivity index is 1.81. The molecular weight excluding hydrogens is 316 g/mol. The van der Waals surface area contributed by atoms with Gasteiger partial charge in [0, 0.05) is 6.42 Å². The van der Waals surface area contributed by atoms with Crippen LogP contribution in [-0.4, -0.2) is 17.5 Å². The number of hydrogen-bond donors (Lipinski definition) is 2. The Labute approximate surface area is 148 Å². The van der Waals surface area contributed by atoms with Crippen LogP contribution in [0.1, 0.15) is 31.9 Å². The van der Waals surface area contributed by atoms with Crippen molar-refractivity contribution >= 4 is 11.9 Å². The van der Waals surface area contributed by atoms with E-state index in [-0.39, 0.29) is 5.84 Å². The Morgan fingerprint density at radius 2 is 1.64 bits per heavy atom. The molecule has 0 saturated heterocycles. The highest BCUT2D eigenvalue weighted by Crippen LogP contribution is 2.15. The van der Waals surface area contributed by atoms with Crippen molar-refractivity contribution in [3.63, 3.8) is 0 Å². The third-order valence-electron chi connectivity index (χ3n) is 3.20. The van der Waals surface area contributed by atoms with E-state index < -0.39 is 11.7 Å². The average molecular weight is 340 g/mol. The van der Waals surface area contributed by atoms with Crippen molar-refractivity contribution in [1.82, 2.24) is 5.32 Å². The van der Waals surface area contributed by atoms with Gasteiger partial charge in [-0.2, -0.15) is 0 Å². The van der Waals surface area contributed by atoms with Crippen molar-refractivity contribution in [3.8, 4) is 5.75 Å². The molecule has 132 valence electrons. The lowest BCUT2D eigenvalue weighted by molar-refractivity contribution is 0.0562. The van der Waals surface area contributed by atoms with E-state index in [9.17, 15) is 4.79 Å². The van der Waals surface area contributed by atoms with Crippen LogP contribution in [0, 0.1) is 5.41 Å². The minimum Gasteiger partial charge on any atom is -0.489 e. The molecule has 0 radical (unpaired) electrons. The van der Waals surface area contributed by atoms with E-state index in [4.69, 9.17) is 14.9 Å². The first-order valence-corrected chi connectivity index (χ1v) is 8.15. The van der Waals surface area contributed by atoms with Crippen molar-refractivity contribution in [2.24, 2.45) is 0 Å². The Hall–Kier alpha value is -2.82. The van der Waals surface area contributed by atoms with E-state index in [1.54, 1.807) is 20.8 Å². The van der Waals surface area contributed by atoms with Crippen LogP contribution in [0.25, 0.3) is 0 Å². The molecule has 0 heterocycles. The maximum absolute atomic E-state index is 11.6. The number of amides is 1. The summed E-state index contributed by atoms with van der Waals surface area (Å²) in [6.45, 7) is 5.86. The van der Waals surface area contributed by atoms with Gasteiger partial charge in [-0.15, -0.1) is 0 Å². The van der Waals surface area contributed by atoms with Gasteiger partial charge in [0.2, 0.25) is 0 Å². The van der Waals surface area contributed by atoms with Crippen LogP contribution in [0.5, 0.6) is 5.75 Å². The number of hydrogen-bond acceptors (Lipinski definition) is 4. The number of alkyl carbamates (subject to hydrolysis) is 1. The topological polar surface area (TPSA) is 71.4 Å². The molecule has 25 heavy (non-hydrogen) atoms. The molecule has 5 heteroatoms. The van der Waals surface area contributed by atoms with Gasteiger partial charge in [-0.25, -0.2) is 4.79 Å². The van der Waals surface area contributed by atoms with E-state index >= 15 is 0 Å². The van der Waals surface area contributed by atoms with Crippen LogP contribution in [0.3, 0.4) is 0 Å². The minimum absolute atomic E-state index is 0.0900. The van der Waals surface area contributed by atoms with Gasteiger partial charge in [0.05, 0.1) is 0 Å². The molecule has 0 atom stereocenters. The fourth-order valence-corrected chi connectivity index (χ4v) is 2.12. The zero-order valence-corrected chi connectivity index (χ0v) is 14.8. The minimum atomic E-state index is -0.611. The molecule has 0 unspecified atom stereocenters. The number of ether oxygens (including phenoxy) is 2. The monoisotopic (exact) mass is 340 g/mol. The van der Waals surface area contributed by atoms with Crippen LogP contribution >= 0.6 is 0 Å². The molecule has 0 spiro atoms. The predicted molar refractivity (Wildman–Crippen MR) is 98.0 cm³/mol. The third-order valence-corrected chi connectivity index (χ3v) is 3.20. The highest BCUT2D eigenvalue weighted by atomic mass is 16.6. The van der Waals surface area contributed by atoms with Gasteiger partial charge in [0.15, 0.2) is 0 Å². The van der Waals surface area contributed by atoms with Crippen LogP contribution in [0.4, 0.5) is 4.79 Å². The quantitative estimate of drug-likeness (QED) is 0.629. The highest BCUT2D eigenvalue weighted by molar-refractivity contribution is 5.94. The SMILES string of the molecule is CC(C)(C)OC(=O)NC(=N)Cc1ccc(OCc2ccccc2)cc1. The molecule has 2 rings (SSSR count). The summed E-state index contributed by atoms with van der Waals surface area (Å²) in [7, 11) is 0. The van der Waals surface area contributed by atoms with Crippen LogP contribution < -0.4 is 10.1 Å². The number of carbonyl (C=O) groups is 1. The maximum atomic E-state index is 11.6. The van der Waals surface area contributed by atoms with Gasteiger partial charge >= 0.3 is 6.09 Å². The third kappa shape index (κ3) is 7.08. The van der Waals surface area contributed by atoms with Crippen LogP contribution in [-0.2, 0) is 17.8 Å². The molecule has 0 fully saturated rings. The lowest BCUT2D eigenvalue weighted by Crippen LogP contribution is -2.36. The molecule has 5 nitrogen and oxygen atoms in total. The molecular formula is C20H24N2O3. The zero-order valence-electron chi connectivity index (χ0n) is 14.8. The standard InChI is InChI=1S/C20H24N2O3/c1-20(2,3)25-19(23)22-18(21)13-15-9-11-17(12-10-15)24-14-16-7-5-4-6-8-16/h4-12H,13-14H2,1-3H3,(H2,21,22,23). The maximum Gasteiger partial charge on any atom is 0.413 e. The molecule has 0 aromatic heterocycles. The molecule has 0 saturated carbocycles. The Morgan fingerprint density at radius 1 is 1.00 bits per heavy atom. The number of amidine groups is 1. The first-order chi connectivity index (χ1) is 11.8. The number of nitrogens with one attached hydrogen (secondary N) is 2. The molecule has 2 aromatic rings. The average Bonchev–Trinajstić information content (AvgIpc) is 2.53.